The smallest absolute Gasteiger partial charge is 0.411 e. The van der Waals surface area contributed by atoms with Crippen molar-refractivity contribution in [1.82, 2.24) is 0 Å². The maximum Gasteiger partial charge on any atom is 0.411 e. The van der Waals surface area contributed by atoms with Crippen LogP contribution in [0.5, 0.6) is 0 Å². The third-order valence-corrected chi connectivity index (χ3v) is 2.36. The molecule has 0 aromatic heterocycles. The zero-order valence-electron chi connectivity index (χ0n) is 9.63. The lowest BCUT2D eigenvalue weighted by Crippen LogP contribution is -2.20. The van der Waals surface area contributed by atoms with Crippen LogP contribution in [0, 0.1) is 0 Å². The van der Waals surface area contributed by atoms with Crippen LogP contribution in [0.25, 0.3) is 0 Å². The third kappa shape index (κ3) is 5.80. The second kappa shape index (κ2) is 6.63. The first kappa shape index (κ1) is 15.6. The van der Waals surface area contributed by atoms with Crippen LogP contribution >= 0.6 is 11.6 Å². The number of hydrogen-bond donors (Lipinski definition) is 2. The van der Waals surface area contributed by atoms with Gasteiger partial charge in [0.15, 0.2) is 0 Å². The molecule has 0 saturated heterocycles. The predicted octanol–water partition coefficient (Wildman–Crippen LogP) is 3.03. The highest BCUT2D eigenvalue weighted by molar-refractivity contribution is 6.33. The monoisotopic (exact) mass is 297 g/mol. The molecule has 0 heterocycles. The van der Waals surface area contributed by atoms with Crippen LogP contribution in [-0.2, 0) is 4.74 Å². The second-order valence-corrected chi connectivity index (χ2v) is 4.00. The molecule has 8 heteroatoms. The van der Waals surface area contributed by atoms with Crippen molar-refractivity contribution in [3.8, 4) is 0 Å². The molecule has 1 aromatic carbocycles. The molecule has 0 saturated carbocycles. The number of alkyl halides is 3. The third-order valence-electron chi connectivity index (χ3n) is 2.04. The first-order valence-electron chi connectivity index (χ1n) is 5.21. The molecule has 0 aliphatic heterocycles. The summed E-state index contributed by atoms with van der Waals surface area (Å²) in [5, 5.41) is 11.6. The molecule has 0 radical (unpaired) electrons. The number of aromatic carboxylic acids is 1. The quantitative estimate of drug-likeness (QED) is 0.792. The van der Waals surface area contributed by atoms with Gasteiger partial charge in [0.2, 0.25) is 0 Å². The van der Waals surface area contributed by atoms with Crippen molar-refractivity contribution >= 4 is 23.3 Å². The molecule has 0 amide bonds. The molecule has 2 N–H and O–H groups in total. The van der Waals surface area contributed by atoms with Gasteiger partial charge >= 0.3 is 12.1 Å². The Morgan fingerprint density at radius 3 is 2.63 bits per heavy atom. The highest BCUT2D eigenvalue weighted by Crippen LogP contribution is 2.22. The van der Waals surface area contributed by atoms with E-state index in [1.54, 1.807) is 0 Å². The van der Waals surface area contributed by atoms with E-state index < -0.39 is 18.8 Å². The van der Waals surface area contributed by atoms with E-state index in [-0.39, 0.29) is 23.7 Å². The van der Waals surface area contributed by atoms with Crippen molar-refractivity contribution in [2.45, 2.75) is 6.18 Å². The molecular weight excluding hydrogens is 287 g/mol. The van der Waals surface area contributed by atoms with Crippen molar-refractivity contribution in [3.63, 3.8) is 0 Å². The molecule has 0 atom stereocenters. The minimum atomic E-state index is -4.35. The lowest BCUT2D eigenvalue weighted by Gasteiger charge is -2.10. The van der Waals surface area contributed by atoms with Crippen molar-refractivity contribution in [2.75, 3.05) is 25.1 Å². The fourth-order valence-electron chi connectivity index (χ4n) is 1.24. The summed E-state index contributed by atoms with van der Waals surface area (Å²) >= 11 is 5.81. The summed E-state index contributed by atoms with van der Waals surface area (Å²) in [4.78, 5) is 10.7. The maximum absolute atomic E-state index is 11.8. The van der Waals surface area contributed by atoms with E-state index in [1.807, 2.05) is 0 Å². The molecule has 0 spiro atoms. The summed E-state index contributed by atoms with van der Waals surface area (Å²) in [5.41, 5.74) is 0.464. The number of halogens is 4. The summed E-state index contributed by atoms with van der Waals surface area (Å²) in [5.74, 6) is -1.11. The Morgan fingerprint density at radius 1 is 1.42 bits per heavy atom. The van der Waals surface area contributed by atoms with Crippen LogP contribution in [0.3, 0.4) is 0 Å². The highest BCUT2D eigenvalue weighted by atomic mass is 35.5. The Balaban J connectivity index is 2.40. The summed E-state index contributed by atoms with van der Waals surface area (Å²) in [6.07, 6.45) is -4.35. The zero-order chi connectivity index (χ0) is 14.5. The van der Waals surface area contributed by atoms with Gasteiger partial charge in [-0.15, -0.1) is 0 Å². The van der Waals surface area contributed by atoms with Crippen molar-refractivity contribution < 1.29 is 27.8 Å². The molecule has 0 aliphatic rings. The molecule has 4 nitrogen and oxygen atoms in total. The van der Waals surface area contributed by atoms with Gasteiger partial charge in [-0.2, -0.15) is 13.2 Å². The minimum Gasteiger partial charge on any atom is -0.478 e. The van der Waals surface area contributed by atoms with Crippen LogP contribution in [-0.4, -0.2) is 37.0 Å². The number of rotatable bonds is 6. The van der Waals surface area contributed by atoms with Gasteiger partial charge in [0.25, 0.3) is 0 Å². The number of nitrogens with one attached hydrogen (secondary N) is 1. The highest BCUT2D eigenvalue weighted by Gasteiger charge is 2.27. The van der Waals surface area contributed by atoms with E-state index in [1.165, 1.54) is 18.2 Å². The largest absolute Gasteiger partial charge is 0.478 e. The topological polar surface area (TPSA) is 58.6 Å². The van der Waals surface area contributed by atoms with Crippen LogP contribution < -0.4 is 5.32 Å². The lowest BCUT2D eigenvalue weighted by atomic mass is 10.2. The van der Waals surface area contributed by atoms with Gasteiger partial charge in [0.05, 0.1) is 22.9 Å². The van der Waals surface area contributed by atoms with E-state index in [4.69, 9.17) is 16.7 Å². The van der Waals surface area contributed by atoms with E-state index in [2.05, 4.69) is 10.1 Å². The molecule has 0 unspecified atom stereocenters. The molecule has 0 aliphatic carbocycles. The molecule has 1 rings (SSSR count). The molecule has 0 bridgehead atoms. The fraction of sp³-hybridized carbons (Fsp3) is 0.364. The van der Waals surface area contributed by atoms with E-state index >= 15 is 0 Å². The van der Waals surface area contributed by atoms with Crippen LogP contribution in [0.15, 0.2) is 18.2 Å². The molecule has 106 valence electrons. The number of carboxylic acids is 1. The summed E-state index contributed by atoms with van der Waals surface area (Å²) in [6.45, 7) is -1.32. The Labute approximate surface area is 112 Å². The van der Waals surface area contributed by atoms with Crippen molar-refractivity contribution in [1.29, 1.82) is 0 Å². The molecule has 19 heavy (non-hydrogen) atoms. The van der Waals surface area contributed by atoms with E-state index in [9.17, 15) is 18.0 Å². The van der Waals surface area contributed by atoms with Gasteiger partial charge in [-0.05, 0) is 18.2 Å². The van der Waals surface area contributed by atoms with Gasteiger partial charge in [-0.25, -0.2) is 4.79 Å². The second-order valence-electron chi connectivity index (χ2n) is 3.59. The number of carboxylic acid groups (broad SMARTS) is 1. The van der Waals surface area contributed by atoms with Gasteiger partial charge < -0.3 is 15.2 Å². The summed E-state index contributed by atoms with van der Waals surface area (Å²) in [7, 11) is 0. The predicted molar refractivity (Wildman–Crippen MR) is 63.8 cm³/mol. The number of anilines is 1. The molecular formula is C11H11ClF3NO3. The van der Waals surface area contributed by atoms with Crippen LogP contribution in [0.1, 0.15) is 10.4 Å². The number of benzene rings is 1. The zero-order valence-corrected chi connectivity index (χ0v) is 10.4. The normalized spacial score (nSPS) is 11.4. The van der Waals surface area contributed by atoms with Gasteiger partial charge in [-0.3, -0.25) is 0 Å². The fourth-order valence-corrected chi connectivity index (χ4v) is 1.48. The first-order chi connectivity index (χ1) is 8.79. The number of ether oxygens (including phenoxy) is 1. The van der Waals surface area contributed by atoms with E-state index in [0.29, 0.717) is 5.69 Å². The lowest BCUT2D eigenvalue weighted by molar-refractivity contribution is -0.172. The summed E-state index contributed by atoms with van der Waals surface area (Å²) in [6, 6.07) is 4.03. The van der Waals surface area contributed by atoms with Crippen molar-refractivity contribution in [2.24, 2.45) is 0 Å². The molecule has 0 fully saturated rings. The van der Waals surface area contributed by atoms with Crippen molar-refractivity contribution in [3.05, 3.63) is 28.8 Å². The molecule has 1 aromatic rings. The Hall–Kier alpha value is -1.47. The standard InChI is InChI=1S/C11H11ClF3NO3/c12-8-5-7(10(17)18)1-2-9(8)16-3-4-19-6-11(13,14)15/h1-2,5,16H,3-4,6H2,(H,17,18). The average molecular weight is 298 g/mol. The van der Waals surface area contributed by atoms with Crippen LogP contribution in [0.4, 0.5) is 18.9 Å². The van der Waals surface area contributed by atoms with Gasteiger partial charge in [0, 0.05) is 6.54 Å². The minimum absolute atomic E-state index is 0.0314. The maximum atomic E-state index is 11.8. The van der Waals surface area contributed by atoms with Gasteiger partial charge in [0.1, 0.15) is 6.61 Å². The number of hydrogen-bond acceptors (Lipinski definition) is 3. The SMILES string of the molecule is O=C(O)c1ccc(NCCOCC(F)(F)F)c(Cl)c1. The Morgan fingerprint density at radius 2 is 2.11 bits per heavy atom. The number of carbonyl (C=O) groups is 1. The van der Waals surface area contributed by atoms with E-state index in [0.717, 1.165) is 0 Å². The van der Waals surface area contributed by atoms with Crippen LogP contribution in [0.2, 0.25) is 5.02 Å². The Kier molecular flexibility index (Phi) is 5.44. The Bertz CT molecular complexity index is 451. The average Bonchev–Trinajstić information content (AvgIpc) is 2.28. The summed E-state index contributed by atoms with van der Waals surface area (Å²) < 4.78 is 39.7. The first-order valence-corrected chi connectivity index (χ1v) is 5.58. The van der Waals surface area contributed by atoms with Gasteiger partial charge in [-0.1, -0.05) is 11.6 Å².